The van der Waals surface area contributed by atoms with Gasteiger partial charge in [-0.2, -0.15) is 0 Å². The summed E-state index contributed by atoms with van der Waals surface area (Å²) in [6.07, 6.45) is 0.742. The van der Waals surface area contributed by atoms with Gasteiger partial charge in [0.05, 0.1) is 19.9 Å². The van der Waals surface area contributed by atoms with E-state index in [1.807, 2.05) is 0 Å². The fourth-order valence-corrected chi connectivity index (χ4v) is 2.69. The molecule has 0 heterocycles. The van der Waals surface area contributed by atoms with Crippen LogP contribution in [0.3, 0.4) is 0 Å². The normalized spacial score (nSPS) is 10.3. The van der Waals surface area contributed by atoms with Crippen molar-refractivity contribution in [2.75, 3.05) is 32.6 Å². The Kier molecular flexibility index (Phi) is 7.80. The molecule has 7 heteroatoms. The van der Waals surface area contributed by atoms with Gasteiger partial charge in [-0.1, -0.05) is 12.1 Å². The number of carbonyl (C=O) groups is 2. The molecule has 0 spiro atoms. The summed E-state index contributed by atoms with van der Waals surface area (Å²) < 4.78 is 23.4. The molecule has 0 bridgehead atoms. The SMILES string of the molecule is COc1ccc(NC(=O)CCN(CCc2ccc(F)cc2)C(C)=O)c(OC)c1. The van der Waals surface area contributed by atoms with Gasteiger partial charge in [-0.25, -0.2) is 4.39 Å². The number of hydrogen-bond acceptors (Lipinski definition) is 4. The molecule has 0 radical (unpaired) electrons. The van der Waals surface area contributed by atoms with Gasteiger partial charge in [0.1, 0.15) is 17.3 Å². The summed E-state index contributed by atoms with van der Waals surface area (Å²) in [7, 11) is 3.06. The standard InChI is InChI=1S/C21H25FN2O4/c1-15(25)24(12-10-16-4-6-17(22)7-5-16)13-11-21(26)23-19-9-8-18(27-2)14-20(19)28-3/h4-9,14H,10-13H2,1-3H3,(H,23,26). The number of nitrogens with zero attached hydrogens (tertiary/aromatic N) is 1. The van der Waals surface area contributed by atoms with E-state index < -0.39 is 0 Å². The average Bonchev–Trinajstić information content (AvgIpc) is 2.69. The lowest BCUT2D eigenvalue weighted by molar-refractivity contribution is -0.129. The second-order valence-corrected chi connectivity index (χ2v) is 6.25. The largest absolute Gasteiger partial charge is 0.497 e. The molecule has 0 aliphatic heterocycles. The van der Waals surface area contributed by atoms with E-state index in [1.54, 1.807) is 42.3 Å². The summed E-state index contributed by atoms with van der Waals surface area (Å²) in [6.45, 7) is 2.22. The zero-order valence-electron chi connectivity index (χ0n) is 16.3. The molecule has 0 aliphatic rings. The molecule has 0 saturated heterocycles. The number of halogens is 1. The first-order valence-electron chi connectivity index (χ1n) is 8.94. The third-order valence-electron chi connectivity index (χ3n) is 4.32. The summed E-state index contributed by atoms with van der Waals surface area (Å²) >= 11 is 0. The summed E-state index contributed by atoms with van der Waals surface area (Å²) in [4.78, 5) is 25.8. The van der Waals surface area contributed by atoms with Gasteiger partial charge in [-0.3, -0.25) is 9.59 Å². The first kappa shape index (κ1) is 21.2. The zero-order chi connectivity index (χ0) is 20.5. The van der Waals surface area contributed by atoms with E-state index in [4.69, 9.17) is 9.47 Å². The Morgan fingerprint density at radius 3 is 2.36 bits per heavy atom. The number of nitrogens with one attached hydrogen (secondary N) is 1. The maximum absolute atomic E-state index is 13.0. The molecule has 0 fully saturated rings. The smallest absolute Gasteiger partial charge is 0.226 e. The van der Waals surface area contributed by atoms with Crippen LogP contribution in [0, 0.1) is 5.82 Å². The zero-order valence-corrected chi connectivity index (χ0v) is 16.3. The fraction of sp³-hybridized carbons (Fsp3) is 0.333. The molecule has 1 N–H and O–H groups in total. The van der Waals surface area contributed by atoms with Gasteiger partial charge in [0.25, 0.3) is 0 Å². The number of carbonyl (C=O) groups excluding carboxylic acids is 2. The van der Waals surface area contributed by atoms with E-state index in [0.29, 0.717) is 36.7 Å². The Balaban J connectivity index is 1.89. The molecule has 2 rings (SSSR count). The van der Waals surface area contributed by atoms with Crippen molar-refractivity contribution in [3.05, 3.63) is 53.8 Å². The molecule has 0 unspecified atom stereocenters. The second-order valence-electron chi connectivity index (χ2n) is 6.25. The van der Waals surface area contributed by atoms with E-state index in [1.165, 1.54) is 26.2 Å². The van der Waals surface area contributed by atoms with E-state index >= 15 is 0 Å². The summed E-state index contributed by atoms with van der Waals surface area (Å²) in [6, 6.07) is 11.3. The van der Waals surface area contributed by atoms with Crippen molar-refractivity contribution in [2.45, 2.75) is 19.8 Å². The second kappa shape index (κ2) is 10.3. The van der Waals surface area contributed by atoms with Gasteiger partial charge < -0.3 is 19.7 Å². The quantitative estimate of drug-likeness (QED) is 0.716. The van der Waals surface area contributed by atoms with Crippen LogP contribution in [0.2, 0.25) is 0 Å². The Labute approximate surface area is 164 Å². The van der Waals surface area contributed by atoms with Crippen molar-refractivity contribution in [3.63, 3.8) is 0 Å². The maximum atomic E-state index is 13.0. The minimum atomic E-state index is -0.294. The average molecular weight is 388 g/mol. The van der Waals surface area contributed by atoms with Crippen LogP contribution >= 0.6 is 0 Å². The van der Waals surface area contributed by atoms with E-state index in [-0.39, 0.29) is 24.1 Å². The first-order valence-corrected chi connectivity index (χ1v) is 8.94. The molecule has 2 aromatic carbocycles. The number of benzene rings is 2. The highest BCUT2D eigenvalue weighted by molar-refractivity contribution is 5.92. The van der Waals surface area contributed by atoms with Crippen LogP contribution in [-0.4, -0.2) is 44.0 Å². The van der Waals surface area contributed by atoms with Crippen LogP contribution in [0.15, 0.2) is 42.5 Å². The third kappa shape index (κ3) is 6.26. The molecule has 28 heavy (non-hydrogen) atoms. The van der Waals surface area contributed by atoms with Gasteiger partial charge in [-0.15, -0.1) is 0 Å². The van der Waals surface area contributed by atoms with Gasteiger partial charge in [0.2, 0.25) is 11.8 Å². The van der Waals surface area contributed by atoms with Crippen molar-refractivity contribution in [3.8, 4) is 11.5 Å². The van der Waals surface area contributed by atoms with Crippen LogP contribution in [-0.2, 0) is 16.0 Å². The molecular weight excluding hydrogens is 363 g/mol. The molecule has 2 aromatic rings. The highest BCUT2D eigenvalue weighted by Crippen LogP contribution is 2.29. The lowest BCUT2D eigenvalue weighted by Gasteiger charge is -2.21. The van der Waals surface area contributed by atoms with Crippen molar-refractivity contribution in [1.29, 1.82) is 0 Å². The van der Waals surface area contributed by atoms with Crippen molar-refractivity contribution >= 4 is 17.5 Å². The minimum Gasteiger partial charge on any atom is -0.497 e. The fourth-order valence-electron chi connectivity index (χ4n) is 2.69. The molecule has 0 aromatic heterocycles. The Morgan fingerprint density at radius 2 is 1.75 bits per heavy atom. The number of hydrogen-bond donors (Lipinski definition) is 1. The van der Waals surface area contributed by atoms with Crippen LogP contribution < -0.4 is 14.8 Å². The number of rotatable bonds is 9. The number of methoxy groups -OCH3 is 2. The summed E-state index contributed by atoms with van der Waals surface area (Å²) in [5.41, 5.74) is 1.47. The van der Waals surface area contributed by atoms with Gasteiger partial charge in [0, 0.05) is 32.5 Å². The van der Waals surface area contributed by atoms with Crippen molar-refractivity contribution in [1.82, 2.24) is 4.90 Å². The Morgan fingerprint density at radius 1 is 1.04 bits per heavy atom. The Bertz CT molecular complexity index is 809. The third-order valence-corrected chi connectivity index (χ3v) is 4.32. The van der Waals surface area contributed by atoms with E-state index in [2.05, 4.69) is 5.32 Å². The molecule has 150 valence electrons. The molecule has 6 nitrogen and oxygen atoms in total. The highest BCUT2D eigenvalue weighted by Gasteiger charge is 2.13. The topological polar surface area (TPSA) is 67.9 Å². The van der Waals surface area contributed by atoms with Gasteiger partial charge in [-0.05, 0) is 36.2 Å². The van der Waals surface area contributed by atoms with E-state index in [0.717, 1.165) is 5.56 Å². The predicted molar refractivity (Wildman–Crippen MR) is 105 cm³/mol. The molecule has 0 atom stereocenters. The Hall–Kier alpha value is -3.09. The summed E-state index contributed by atoms with van der Waals surface area (Å²) in [5, 5.41) is 2.79. The maximum Gasteiger partial charge on any atom is 0.226 e. The van der Waals surface area contributed by atoms with Gasteiger partial charge in [0.15, 0.2) is 0 Å². The predicted octanol–water partition coefficient (Wildman–Crippen LogP) is 3.26. The van der Waals surface area contributed by atoms with E-state index in [9.17, 15) is 14.0 Å². The van der Waals surface area contributed by atoms with Crippen LogP contribution in [0.4, 0.5) is 10.1 Å². The number of amides is 2. The van der Waals surface area contributed by atoms with Crippen molar-refractivity contribution in [2.24, 2.45) is 0 Å². The van der Waals surface area contributed by atoms with Crippen LogP contribution in [0.1, 0.15) is 18.9 Å². The summed E-state index contributed by atoms with van der Waals surface area (Å²) in [5.74, 6) is 0.483. The lowest BCUT2D eigenvalue weighted by atomic mass is 10.1. The molecular formula is C21H25FN2O4. The van der Waals surface area contributed by atoms with Crippen LogP contribution in [0.25, 0.3) is 0 Å². The molecule has 0 aliphatic carbocycles. The highest BCUT2D eigenvalue weighted by atomic mass is 19.1. The number of anilines is 1. The van der Waals surface area contributed by atoms with Crippen molar-refractivity contribution < 1.29 is 23.5 Å². The molecule has 2 amide bonds. The van der Waals surface area contributed by atoms with Gasteiger partial charge >= 0.3 is 0 Å². The van der Waals surface area contributed by atoms with Crippen LogP contribution in [0.5, 0.6) is 11.5 Å². The monoisotopic (exact) mass is 388 g/mol. The first-order chi connectivity index (χ1) is 13.4. The lowest BCUT2D eigenvalue weighted by Crippen LogP contribution is -2.33. The molecule has 0 saturated carbocycles. The number of ether oxygens (including phenoxy) is 2. The minimum absolute atomic E-state index is 0.114.